The molecule has 0 bridgehead atoms. The monoisotopic (exact) mass is 277 g/mol. The van der Waals surface area contributed by atoms with Gasteiger partial charge in [0.25, 0.3) is 0 Å². The van der Waals surface area contributed by atoms with Crippen LogP contribution in [-0.4, -0.2) is 40.9 Å². The van der Waals surface area contributed by atoms with Gasteiger partial charge in [0.15, 0.2) is 5.75 Å². The van der Waals surface area contributed by atoms with Gasteiger partial charge in [-0.05, 0) is 39.3 Å². The standard InChI is InChI=1S/C16H27N3O/c1-18-10-6-5-9-15(18)13-20-16-11-17-19(12-16)14-7-3-2-4-8-14/h11-12,14-15H,2-10,13H2,1H3. The Bertz CT molecular complexity index is 412. The van der Waals surface area contributed by atoms with E-state index in [-0.39, 0.29) is 0 Å². The Morgan fingerprint density at radius 2 is 1.95 bits per heavy atom. The number of rotatable bonds is 4. The Labute approximate surface area is 122 Å². The summed E-state index contributed by atoms with van der Waals surface area (Å²) in [6, 6.07) is 1.17. The molecule has 4 heteroatoms. The van der Waals surface area contributed by atoms with Crippen molar-refractivity contribution in [3.63, 3.8) is 0 Å². The van der Waals surface area contributed by atoms with Crippen molar-refractivity contribution in [1.29, 1.82) is 0 Å². The van der Waals surface area contributed by atoms with Crippen LogP contribution in [0.2, 0.25) is 0 Å². The molecule has 1 saturated heterocycles. The van der Waals surface area contributed by atoms with E-state index in [9.17, 15) is 0 Å². The molecular formula is C16H27N3O. The minimum Gasteiger partial charge on any atom is -0.489 e. The minimum absolute atomic E-state index is 0.571. The van der Waals surface area contributed by atoms with Crippen molar-refractivity contribution in [1.82, 2.24) is 14.7 Å². The minimum atomic E-state index is 0.571. The molecule has 1 atom stereocenters. The van der Waals surface area contributed by atoms with Gasteiger partial charge < -0.3 is 9.64 Å². The van der Waals surface area contributed by atoms with Crippen molar-refractivity contribution in [2.45, 2.75) is 63.5 Å². The molecule has 2 fully saturated rings. The predicted molar refractivity (Wildman–Crippen MR) is 80.1 cm³/mol. The zero-order chi connectivity index (χ0) is 13.8. The van der Waals surface area contributed by atoms with Crippen LogP contribution in [0.1, 0.15) is 57.4 Å². The molecule has 3 rings (SSSR count). The molecular weight excluding hydrogens is 250 g/mol. The SMILES string of the molecule is CN1CCCCC1COc1cnn(C2CCCCC2)c1. The maximum atomic E-state index is 5.96. The van der Waals surface area contributed by atoms with Crippen LogP contribution in [0.25, 0.3) is 0 Å². The highest BCUT2D eigenvalue weighted by atomic mass is 16.5. The number of piperidine rings is 1. The van der Waals surface area contributed by atoms with E-state index in [2.05, 4.69) is 27.9 Å². The van der Waals surface area contributed by atoms with E-state index in [1.807, 2.05) is 6.20 Å². The third-order valence-corrected chi connectivity index (χ3v) is 4.89. The first kappa shape index (κ1) is 13.9. The highest BCUT2D eigenvalue weighted by molar-refractivity contribution is 5.12. The van der Waals surface area contributed by atoms with E-state index >= 15 is 0 Å². The van der Waals surface area contributed by atoms with Crippen LogP contribution < -0.4 is 4.74 Å². The fourth-order valence-electron chi connectivity index (χ4n) is 3.49. The molecule has 0 radical (unpaired) electrons. The molecule has 4 nitrogen and oxygen atoms in total. The quantitative estimate of drug-likeness (QED) is 0.846. The average Bonchev–Trinajstić information content (AvgIpc) is 2.96. The third kappa shape index (κ3) is 3.35. The van der Waals surface area contributed by atoms with E-state index in [0.717, 1.165) is 12.4 Å². The second-order valence-corrected chi connectivity index (χ2v) is 6.39. The lowest BCUT2D eigenvalue weighted by atomic mass is 9.96. The van der Waals surface area contributed by atoms with Gasteiger partial charge in [-0.25, -0.2) is 0 Å². The summed E-state index contributed by atoms with van der Waals surface area (Å²) in [7, 11) is 2.21. The maximum Gasteiger partial charge on any atom is 0.157 e. The summed E-state index contributed by atoms with van der Waals surface area (Å²) < 4.78 is 8.09. The van der Waals surface area contributed by atoms with Crippen LogP contribution in [0.5, 0.6) is 5.75 Å². The summed E-state index contributed by atoms with van der Waals surface area (Å²) in [5.41, 5.74) is 0. The molecule has 0 aromatic carbocycles. The number of aromatic nitrogens is 2. The number of nitrogens with zero attached hydrogens (tertiary/aromatic N) is 3. The van der Waals surface area contributed by atoms with E-state index < -0.39 is 0 Å². The normalized spacial score (nSPS) is 25.8. The number of hydrogen-bond donors (Lipinski definition) is 0. The van der Waals surface area contributed by atoms with Crippen LogP contribution in [0.4, 0.5) is 0 Å². The first-order valence-corrected chi connectivity index (χ1v) is 8.20. The van der Waals surface area contributed by atoms with Crippen molar-refractivity contribution in [3.05, 3.63) is 12.4 Å². The van der Waals surface area contributed by atoms with E-state index in [1.54, 1.807) is 0 Å². The molecule has 1 unspecified atom stereocenters. The molecule has 1 saturated carbocycles. The Morgan fingerprint density at radius 1 is 1.15 bits per heavy atom. The molecule has 1 aliphatic heterocycles. The summed E-state index contributed by atoms with van der Waals surface area (Å²) in [6.45, 7) is 2.00. The number of ether oxygens (including phenoxy) is 1. The van der Waals surface area contributed by atoms with Gasteiger partial charge in [-0.1, -0.05) is 25.7 Å². The lowest BCUT2D eigenvalue weighted by Crippen LogP contribution is -2.40. The lowest BCUT2D eigenvalue weighted by Gasteiger charge is -2.31. The summed E-state index contributed by atoms with van der Waals surface area (Å²) in [6.07, 6.45) is 14.5. The predicted octanol–water partition coefficient (Wildman–Crippen LogP) is 3.25. The van der Waals surface area contributed by atoms with Crippen LogP contribution in [0, 0.1) is 0 Å². The Morgan fingerprint density at radius 3 is 2.75 bits per heavy atom. The van der Waals surface area contributed by atoms with Crippen molar-refractivity contribution < 1.29 is 4.74 Å². The maximum absolute atomic E-state index is 5.96. The Hall–Kier alpha value is -1.03. The Balaban J connectivity index is 1.51. The van der Waals surface area contributed by atoms with Crippen molar-refractivity contribution in [3.8, 4) is 5.75 Å². The second kappa shape index (κ2) is 6.61. The van der Waals surface area contributed by atoms with Gasteiger partial charge in [-0.2, -0.15) is 5.10 Å². The molecule has 2 aliphatic rings. The average molecular weight is 277 g/mol. The summed E-state index contributed by atoms with van der Waals surface area (Å²) in [5, 5.41) is 4.50. The number of hydrogen-bond acceptors (Lipinski definition) is 3. The summed E-state index contributed by atoms with van der Waals surface area (Å²) >= 11 is 0. The van der Waals surface area contributed by atoms with Gasteiger partial charge in [-0.15, -0.1) is 0 Å². The summed E-state index contributed by atoms with van der Waals surface area (Å²) in [4.78, 5) is 2.43. The van der Waals surface area contributed by atoms with Crippen molar-refractivity contribution in [2.24, 2.45) is 0 Å². The van der Waals surface area contributed by atoms with E-state index in [4.69, 9.17) is 4.74 Å². The first-order valence-electron chi connectivity index (χ1n) is 8.20. The van der Waals surface area contributed by atoms with Crippen LogP contribution in [0.15, 0.2) is 12.4 Å². The summed E-state index contributed by atoms with van der Waals surface area (Å²) in [5.74, 6) is 0.939. The Kier molecular flexibility index (Phi) is 4.61. The van der Waals surface area contributed by atoms with Crippen molar-refractivity contribution in [2.75, 3.05) is 20.2 Å². The molecule has 2 heterocycles. The highest BCUT2D eigenvalue weighted by Gasteiger charge is 2.20. The largest absolute Gasteiger partial charge is 0.489 e. The van der Waals surface area contributed by atoms with Gasteiger partial charge in [0.2, 0.25) is 0 Å². The zero-order valence-corrected chi connectivity index (χ0v) is 12.6. The fraction of sp³-hybridized carbons (Fsp3) is 0.812. The molecule has 20 heavy (non-hydrogen) atoms. The zero-order valence-electron chi connectivity index (χ0n) is 12.6. The van der Waals surface area contributed by atoms with Gasteiger partial charge >= 0.3 is 0 Å². The fourth-order valence-corrected chi connectivity index (χ4v) is 3.49. The van der Waals surface area contributed by atoms with Gasteiger partial charge in [0, 0.05) is 6.04 Å². The molecule has 0 N–H and O–H groups in total. The van der Waals surface area contributed by atoms with E-state index in [0.29, 0.717) is 12.1 Å². The molecule has 1 aromatic rings. The first-order chi connectivity index (χ1) is 9.83. The van der Waals surface area contributed by atoms with Crippen LogP contribution >= 0.6 is 0 Å². The number of likely N-dealkylation sites (tertiary alicyclic amines) is 1. The highest BCUT2D eigenvalue weighted by Crippen LogP contribution is 2.28. The van der Waals surface area contributed by atoms with Gasteiger partial charge in [0.1, 0.15) is 6.61 Å². The molecule has 112 valence electrons. The van der Waals surface area contributed by atoms with Gasteiger partial charge in [0.05, 0.1) is 18.4 Å². The number of likely N-dealkylation sites (N-methyl/N-ethyl adjacent to an activating group) is 1. The molecule has 0 amide bonds. The van der Waals surface area contributed by atoms with Crippen LogP contribution in [0.3, 0.4) is 0 Å². The smallest absolute Gasteiger partial charge is 0.157 e. The topological polar surface area (TPSA) is 30.3 Å². The van der Waals surface area contributed by atoms with Gasteiger partial charge in [-0.3, -0.25) is 4.68 Å². The second-order valence-electron chi connectivity index (χ2n) is 6.39. The third-order valence-electron chi connectivity index (χ3n) is 4.89. The van der Waals surface area contributed by atoms with Crippen molar-refractivity contribution >= 4 is 0 Å². The van der Waals surface area contributed by atoms with Crippen LogP contribution in [-0.2, 0) is 0 Å². The van der Waals surface area contributed by atoms with E-state index in [1.165, 1.54) is 57.9 Å². The molecule has 1 aliphatic carbocycles. The molecule has 0 spiro atoms. The molecule has 1 aromatic heterocycles. The lowest BCUT2D eigenvalue weighted by molar-refractivity contribution is 0.125.